The van der Waals surface area contributed by atoms with Crippen LogP contribution in [0.3, 0.4) is 0 Å². The van der Waals surface area contributed by atoms with E-state index in [1.165, 1.54) is 0 Å². The quantitative estimate of drug-likeness (QED) is 0.789. The summed E-state index contributed by atoms with van der Waals surface area (Å²) in [5.41, 5.74) is 6.49. The maximum Gasteiger partial charge on any atom is 0.227 e. The molecule has 0 atom stereocenters. The zero-order chi connectivity index (χ0) is 12.3. The number of nitrogens with zero attached hydrogens (tertiary/aromatic N) is 2. The van der Waals surface area contributed by atoms with Crippen molar-refractivity contribution < 1.29 is 4.79 Å². The number of carbonyl (C=O) groups is 1. The van der Waals surface area contributed by atoms with E-state index in [0.29, 0.717) is 13.0 Å². The molecule has 6 heteroatoms. The van der Waals surface area contributed by atoms with Gasteiger partial charge >= 0.3 is 0 Å². The number of carbonyl (C=O) groups excluding carboxylic acids is 1. The van der Waals surface area contributed by atoms with Gasteiger partial charge in [-0.15, -0.1) is 11.3 Å². The molecule has 0 unspecified atom stereocenters. The average Bonchev–Trinajstić information content (AvgIpc) is 2.71. The van der Waals surface area contributed by atoms with Crippen LogP contribution in [0.25, 0.3) is 0 Å². The minimum absolute atomic E-state index is 0.196. The number of piperazine rings is 1. The highest BCUT2D eigenvalue weighted by Crippen LogP contribution is 2.19. The van der Waals surface area contributed by atoms with Crippen LogP contribution < -0.4 is 11.1 Å². The van der Waals surface area contributed by atoms with E-state index in [1.807, 2.05) is 11.8 Å². The van der Waals surface area contributed by atoms with Crippen LogP contribution >= 0.6 is 11.3 Å². The van der Waals surface area contributed by atoms with Crippen LogP contribution in [-0.4, -0.2) is 42.0 Å². The molecular weight excluding hydrogens is 236 g/mol. The van der Waals surface area contributed by atoms with Gasteiger partial charge in [0, 0.05) is 37.6 Å². The zero-order valence-corrected chi connectivity index (χ0v) is 10.8. The number of amides is 1. The lowest BCUT2D eigenvalue weighted by atomic mass is 10.2. The molecule has 1 fully saturated rings. The maximum absolute atomic E-state index is 12.1. The highest BCUT2D eigenvalue weighted by molar-refractivity contribution is 7.11. The number of hydrogen-bond acceptors (Lipinski definition) is 5. The van der Waals surface area contributed by atoms with E-state index >= 15 is 0 Å². The number of rotatable bonds is 3. The molecule has 0 spiro atoms. The molecule has 94 valence electrons. The van der Waals surface area contributed by atoms with Gasteiger partial charge in [0.2, 0.25) is 5.91 Å². The third-order valence-corrected chi connectivity index (χ3v) is 4.07. The number of thiazole rings is 1. The van der Waals surface area contributed by atoms with Crippen molar-refractivity contribution in [3.8, 4) is 0 Å². The van der Waals surface area contributed by atoms with E-state index in [9.17, 15) is 4.79 Å². The van der Waals surface area contributed by atoms with Crippen molar-refractivity contribution in [1.82, 2.24) is 15.2 Å². The van der Waals surface area contributed by atoms with E-state index < -0.39 is 0 Å². The Labute approximate surface area is 105 Å². The second-order valence-electron chi connectivity index (χ2n) is 4.13. The SMILES string of the molecule is Cc1nc(CN)sc1CC(=O)N1CCNCC1. The van der Waals surface area contributed by atoms with Gasteiger partial charge in [0.15, 0.2) is 0 Å². The van der Waals surface area contributed by atoms with E-state index in [4.69, 9.17) is 5.73 Å². The van der Waals surface area contributed by atoms with Gasteiger partial charge in [0.05, 0.1) is 12.1 Å². The third-order valence-electron chi connectivity index (χ3n) is 2.89. The smallest absolute Gasteiger partial charge is 0.227 e. The largest absolute Gasteiger partial charge is 0.340 e. The molecule has 17 heavy (non-hydrogen) atoms. The Morgan fingerprint density at radius 3 is 2.82 bits per heavy atom. The van der Waals surface area contributed by atoms with Crippen molar-refractivity contribution in [2.24, 2.45) is 5.73 Å². The molecule has 0 radical (unpaired) electrons. The first-order chi connectivity index (χ1) is 8.20. The predicted octanol–water partition coefficient (Wildman–Crippen LogP) is -0.115. The molecule has 1 saturated heterocycles. The highest BCUT2D eigenvalue weighted by atomic mass is 32.1. The van der Waals surface area contributed by atoms with Crippen LogP contribution in [0.1, 0.15) is 15.6 Å². The second-order valence-corrected chi connectivity index (χ2v) is 5.30. The molecule has 1 aromatic rings. The van der Waals surface area contributed by atoms with Crippen LogP contribution in [0.2, 0.25) is 0 Å². The normalized spacial score (nSPS) is 16.2. The molecule has 3 N–H and O–H groups in total. The number of nitrogens with two attached hydrogens (primary N) is 1. The van der Waals surface area contributed by atoms with Gasteiger partial charge < -0.3 is 16.0 Å². The molecule has 1 aromatic heterocycles. The first kappa shape index (κ1) is 12.5. The van der Waals surface area contributed by atoms with Crippen molar-refractivity contribution in [1.29, 1.82) is 0 Å². The fraction of sp³-hybridized carbons (Fsp3) is 0.636. The van der Waals surface area contributed by atoms with Crippen molar-refractivity contribution in [3.63, 3.8) is 0 Å². The molecule has 0 saturated carbocycles. The Morgan fingerprint density at radius 2 is 2.24 bits per heavy atom. The van der Waals surface area contributed by atoms with Gasteiger partial charge in [-0.25, -0.2) is 4.98 Å². The summed E-state index contributed by atoms with van der Waals surface area (Å²) >= 11 is 1.55. The van der Waals surface area contributed by atoms with Crippen molar-refractivity contribution in [3.05, 3.63) is 15.6 Å². The summed E-state index contributed by atoms with van der Waals surface area (Å²) in [7, 11) is 0. The average molecular weight is 254 g/mol. The lowest BCUT2D eigenvalue weighted by Gasteiger charge is -2.27. The van der Waals surface area contributed by atoms with Gasteiger partial charge in [-0.2, -0.15) is 0 Å². The molecule has 2 heterocycles. The Hall–Kier alpha value is -0.980. The van der Waals surface area contributed by atoms with E-state index in [-0.39, 0.29) is 5.91 Å². The topological polar surface area (TPSA) is 71.2 Å². The highest BCUT2D eigenvalue weighted by Gasteiger charge is 2.18. The third kappa shape index (κ3) is 3.02. The molecule has 0 aliphatic carbocycles. The summed E-state index contributed by atoms with van der Waals surface area (Å²) in [5.74, 6) is 0.196. The number of hydrogen-bond donors (Lipinski definition) is 2. The molecule has 5 nitrogen and oxygen atoms in total. The summed E-state index contributed by atoms with van der Waals surface area (Å²) in [6, 6.07) is 0. The Bertz CT molecular complexity index is 398. The summed E-state index contributed by atoms with van der Waals surface area (Å²) < 4.78 is 0. The number of nitrogens with one attached hydrogen (secondary N) is 1. The van der Waals surface area contributed by atoms with Crippen LogP contribution in [0.4, 0.5) is 0 Å². The van der Waals surface area contributed by atoms with Crippen molar-refractivity contribution in [2.45, 2.75) is 19.9 Å². The summed E-state index contributed by atoms with van der Waals surface area (Å²) in [6.07, 6.45) is 0.462. The van der Waals surface area contributed by atoms with Crippen LogP contribution in [0, 0.1) is 6.92 Å². The monoisotopic (exact) mass is 254 g/mol. The molecule has 1 aliphatic rings. The molecule has 0 bridgehead atoms. The van der Waals surface area contributed by atoms with Gasteiger partial charge in [-0.3, -0.25) is 4.79 Å². The predicted molar refractivity (Wildman–Crippen MR) is 67.9 cm³/mol. The van der Waals surface area contributed by atoms with Crippen LogP contribution in [0.15, 0.2) is 0 Å². The molecular formula is C11H18N4OS. The van der Waals surface area contributed by atoms with Crippen molar-refractivity contribution >= 4 is 17.2 Å². The van der Waals surface area contributed by atoms with Crippen LogP contribution in [0.5, 0.6) is 0 Å². The Kier molecular flexibility index (Phi) is 4.09. The van der Waals surface area contributed by atoms with Crippen molar-refractivity contribution in [2.75, 3.05) is 26.2 Å². The lowest BCUT2D eigenvalue weighted by molar-refractivity contribution is -0.130. The van der Waals surface area contributed by atoms with Crippen LogP contribution in [-0.2, 0) is 17.8 Å². The first-order valence-corrected chi connectivity index (χ1v) is 6.66. The molecule has 1 aliphatic heterocycles. The molecule has 0 aromatic carbocycles. The molecule has 2 rings (SSSR count). The minimum Gasteiger partial charge on any atom is -0.340 e. The van der Waals surface area contributed by atoms with Gasteiger partial charge in [-0.05, 0) is 6.92 Å². The number of aromatic nitrogens is 1. The van der Waals surface area contributed by atoms with E-state index in [1.54, 1.807) is 11.3 Å². The maximum atomic E-state index is 12.1. The lowest BCUT2D eigenvalue weighted by Crippen LogP contribution is -2.46. The summed E-state index contributed by atoms with van der Waals surface area (Å²) in [4.78, 5) is 19.4. The fourth-order valence-corrected chi connectivity index (χ4v) is 2.84. The number of aryl methyl sites for hydroxylation is 1. The summed E-state index contributed by atoms with van der Waals surface area (Å²) in [5, 5.41) is 4.15. The Morgan fingerprint density at radius 1 is 1.53 bits per heavy atom. The van der Waals surface area contributed by atoms with E-state index in [0.717, 1.165) is 41.8 Å². The van der Waals surface area contributed by atoms with Gasteiger partial charge in [0.25, 0.3) is 0 Å². The van der Waals surface area contributed by atoms with E-state index in [2.05, 4.69) is 10.3 Å². The fourth-order valence-electron chi connectivity index (χ4n) is 1.90. The minimum atomic E-state index is 0.196. The second kappa shape index (κ2) is 5.57. The van der Waals surface area contributed by atoms with Gasteiger partial charge in [-0.1, -0.05) is 0 Å². The standard InChI is InChI=1S/C11H18N4OS/c1-8-9(17-10(7-12)14-8)6-11(16)15-4-2-13-3-5-15/h13H,2-7,12H2,1H3. The van der Waals surface area contributed by atoms with Gasteiger partial charge in [0.1, 0.15) is 5.01 Å². The molecule has 1 amide bonds. The Balaban J connectivity index is 1.99. The zero-order valence-electron chi connectivity index (χ0n) is 10.0. The summed E-state index contributed by atoms with van der Waals surface area (Å²) in [6.45, 7) is 5.78. The first-order valence-electron chi connectivity index (χ1n) is 5.84.